The maximum atomic E-state index is 6.23. The first-order valence-electron chi connectivity index (χ1n) is 7.23. The van der Waals surface area contributed by atoms with Gasteiger partial charge in [-0.05, 0) is 39.1 Å². The van der Waals surface area contributed by atoms with Crippen molar-refractivity contribution in [1.82, 2.24) is 4.90 Å². The zero-order chi connectivity index (χ0) is 13.8. The largest absolute Gasteiger partial charge is 0.397 e. The lowest BCUT2D eigenvalue weighted by molar-refractivity contribution is 0.313. The predicted molar refractivity (Wildman–Crippen MR) is 84.1 cm³/mol. The van der Waals surface area contributed by atoms with Crippen LogP contribution in [0, 0.1) is 0 Å². The molecule has 19 heavy (non-hydrogen) atoms. The van der Waals surface area contributed by atoms with Gasteiger partial charge in [0.25, 0.3) is 0 Å². The van der Waals surface area contributed by atoms with Gasteiger partial charge in [0.1, 0.15) is 0 Å². The molecule has 2 rings (SSSR count). The first kappa shape index (κ1) is 14.0. The van der Waals surface area contributed by atoms with Gasteiger partial charge in [-0.25, -0.2) is 0 Å². The van der Waals surface area contributed by atoms with Crippen LogP contribution in [0.3, 0.4) is 0 Å². The van der Waals surface area contributed by atoms with Gasteiger partial charge < -0.3 is 20.4 Å². The molecule has 1 aliphatic rings. The van der Waals surface area contributed by atoms with E-state index in [1.807, 2.05) is 0 Å². The van der Waals surface area contributed by atoms with Crippen LogP contribution in [0.4, 0.5) is 17.1 Å². The summed E-state index contributed by atoms with van der Waals surface area (Å²) in [6.45, 7) is 10.7. The fraction of sp³-hybridized carbons (Fsp3) is 0.600. The lowest BCUT2D eigenvalue weighted by Gasteiger charge is -2.34. The van der Waals surface area contributed by atoms with Crippen LogP contribution in [-0.2, 0) is 0 Å². The van der Waals surface area contributed by atoms with Gasteiger partial charge >= 0.3 is 0 Å². The molecule has 0 amide bonds. The molecular weight excluding hydrogens is 236 g/mol. The van der Waals surface area contributed by atoms with Gasteiger partial charge in [0.15, 0.2) is 0 Å². The van der Waals surface area contributed by atoms with E-state index in [0.717, 1.165) is 50.6 Å². The van der Waals surface area contributed by atoms with E-state index in [1.54, 1.807) is 0 Å². The van der Waals surface area contributed by atoms with Crippen LogP contribution >= 0.6 is 0 Å². The molecule has 106 valence electrons. The highest BCUT2D eigenvalue weighted by atomic mass is 15.2. The van der Waals surface area contributed by atoms with E-state index >= 15 is 0 Å². The normalized spacial score (nSPS) is 16.7. The molecule has 1 saturated heterocycles. The Morgan fingerprint density at radius 2 is 1.74 bits per heavy atom. The number of hydrogen-bond acceptors (Lipinski definition) is 4. The Kier molecular flexibility index (Phi) is 4.53. The minimum atomic E-state index is 0.889. The lowest BCUT2D eigenvalue weighted by Crippen LogP contribution is -2.44. The Morgan fingerprint density at radius 3 is 2.26 bits per heavy atom. The first-order valence-corrected chi connectivity index (χ1v) is 7.23. The van der Waals surface area contributed by atoms with Crippen LogP contribution in [-0.4, -0.2) is 51.2 Å². The van der Waals surface area contributed by atoms with E-state index in [4.69, 9.17) is 5.73 Å². The zero-order valence-electron chi connectivity index (χ0n) is 12.4. The lowest BCUT2D eigenvalue weighted by atomic mass is 10.2. The number of rotatable bonds is 4. The highest BCUT2D eigenvalue weighted by Gasteiger charge is 2.15. The van der Waals surface area contributed by atoms with Crippen molar-refractivity contribution in [1.29, 1.82) is 0 Å². The van der Waals surface area contributed by atoms with Gasteiger partial charge in [0.05, 0.1) is 11.4 Å². The molecule has 1 aliphatic heterocycles. The van der Waals surface area contributed by atoms with Crippen LogP contribution in [0.25, 0.3) is 0 Å². The Hall–Kier alpha value is -1.42. The molecule has 0 saturated carbocycles. The number of anilines is 3. The summed E-state index contributed by atoms with van der Waals surface area (Å²) in [5.74, 6) is 0. The predicted octanol–water partition coefficient (Wildman–Crippen LogP) is 1.87. The van der Waals surface area contributed by atoms with Gasteiger partial charge in [-0.1, -0.05) is 0 Å². The van der Waals surface area contributed by atoms with Gasteiger partial charge in [0, 0.05) is 45.0 Å². The van der Waals surface area contributed by atoms with Crippen molar-refractivity contribution in [2.75, 3.05) is 61.8 Å². The third-order valence-corrected chi connectivity index (χ3v) is 3.98. The topological polar surface area (TPSA) is 35.7 Å². The van der Waals surface area contributed by atoms with Crippen molar-refractivity contribution in [3.05, 3.63) is 18.2 Å². The van der Waals surface area contributed by atoms with Crippen LogP contribution in [0.1, 0.15) is 13.8 Å². The molecule has 1 fully saturated rings. The minimum absolute atomic E-state index is 0.889. The van der Waals surface area contributed by atoms with Crippen LogP contribution in [0.15, 0.2) is 18.2 Å². The molecule has 0 atom stereocenters. The minimum Gasteiger partial charge on any atom is -0.397 e. The van der Waals surface area contributed by atoms with Crippen molar-refractivity contribution in [2.45, 2.75) is 13.8 Å². The van der Waals surface area contributed by atoms with Crippen LogP contribution in [0.5, 0.6) is 0 Å². The zero-order valence-corrected chi connectivity index (χ0v) is 12.4. The molecule has 2 N–H and O–H groups in total. The first-order chi connectivity index (χ1) is 9.15. The van der Waals surface area contributed by atoms with E-state index in [9.17, 15) is 0 Å². The summed E-state index contributed by atoms with van der Waals surface area (Å²) in [4.78, 5) is 7.08. The molecule has 0 unspecified atom stereocenters. The van der Waals surface area contributed by atoms with E-state index < -0.39 is 0 Å². The number of hydrogen-bond donors (Lipinski definition) is 1. The van der Waals surface area contributed by atoms with Crippen molar-refractivity contribution >= 4 is 17.1 Å². The average molecular weight is 262 g/mol. The van der Waals surface area contributed by atoms with Crippen LogP contribution < -0.4 is 15.5 Å². The Morgan fingerprint density at radius 1 is 1.11 bits per heavy atom. The van der Waals surface area contributed by atoms with Gasteiger partial charge in [-0.2, -0.15) is 0 Å². The molecule has 4 heteroatoms. The van der Waals surface area contributed by atoms with Gasteiger partial charge in [0.2, 0.25) is 0 Å². The smallest absolute Gasteiger partial charge is 0.0601 e. The maximum absolute atomic E-state index is 6.23. The maximum Gasteiger partial charge on any atom is 0.0601 e. The second-order valence-corrected chi connectivity index (χ2v) is 5.21. The number of nitrogens with two attached hydrogens (primary N) is 1. The van der Waals surface area contributed by atoms with Crippen molar-refractivity contribution < 1.29 is 0 Å². The monoisotopic (exact) mass is 262 g/mol. The number of nitrogen functional groups attached to an aromatic ring is 1. The fourth-order valence-electron chi connectivity index (χ4n) is 2.66. The van der Waals surface area contributed by atoms with Gasteiger partial charge in [-0.15, -0.1) is 0 Å². The molecule has 0 radical (unpaired) electrons. The summed E-state index contributed by atoms with van der Waals surface area (Å²) in [6.07, 6.45) is 0. The molecule has 1 aromatic carbocycles. The van der Waals surface area contributed by atoms with E-state index in [1.165, 1.54) is 5.69 Å². The number of benzene rings is 1. The summed E-state index contributed by atoms with van der Waals surface area (Å²) in [7, 11) is 2.18. The molecule has 0 aromatic heterocycles. The summed E-state index contributed by atoms with van der Waals surface area (Å²) in [5, 5.41) is 0. The number of likely N-dealkylation sites (N-methyl/N-ethyl adjacent to an activating group) is 1. The highest BCUT2D eigenvalue weighted by molar-refractivity contribution is 5.73. The molecule has 4 nitrogen and oxygen atoms in total. The van der Waals surface area contributed by atoms with Crippen molar-refractivity contribution in [3.63, 3.8) is 0 Å². The molecule has 1 heterocycles. The quantitative estimate of drug-likeness (QED) is 0.840. The molecule has 0 spiro atoms. The Bertz CT molecular complexity index is 407. The second kappa shape index (κ2) is 6.15. The number of nitrogens with zero attached hydrogens (tertiary/aromatic N) is 3. The number of piperazine rings is 1. The SMILES string of the molecule is CCN(CC)c1ccc(N2CCN(C)CC2)cc1N. The second-order valence-electron chi connectivity index (χ2n) is 5.21. The molecule has 1 aromatic rings. The van der Waals surface area contributed by atoms with E-state index in [2.05, 4.69) is 53.8 Å². The molecular formula is C15H26N4. The summed E-state index contributed by atoms with van der Waals surface area (Å²) >= 11 is 0. The van der Waals surface area contributed by atoms with E-state index in [0.29, 0.717) is 0 Å². The fourth-order valence-corrected chi connectivity index (χ4v) is 2.66. The molecule has 0 aliphatic carbocycles. The van der Waals surface area contributed by atoms with Crippen LogP contribution in [0.2, 0.25) is 0 Å². The highest BCUT2D eigenvalue weighted by Crippen LogP contribution is 2.28. The third kappa shape index (κ3) is 3.13. The van der Waals surface area contributed by atoms with Crippen molar-refractivity contribution in [3.8, 4) is 0 Å². The third-order valence-electron chi connectivity index (χ3n) is 3.98. The Balaban J connectivity index is 2.14. The average Bonchev–Trinajstić information content (AvgIpc) is 2.42. The van der Waals surface area contributed by atoms with Gasteiger partial charge in [-0.3, -0.25) is 0 Å². The van der Waals surface area contributed by atoms with Crippen molar-refractivity contribution in [2.24, 2.45) is 0 Å². The Labute approximate surface area is 116 Å². The standard InChI is InChI=1S/C15H26N4/c1-4-18(5-2)15-7-6-13(12-14(15)16)19-10-8-17(3)9-11-19/h6-7,12H,4-5,8-11,16H2,1-3H3. The summed E-state index contributed by atoms with van der Waals surface area (Å²) < 4.78 is 0. The molecule has 0 bridgehead atoms. The summed E-state index contributed by atoms with van der Waals surface area (Å²) in [5.41, 5.74) is 9.52. The summed E-state index contributed by atoms with van der Waals surface area (Å²) in [6, 6.07) is 6.49. The van der Waals surface area contributed by atoms with E-state index in [-0.39, 0.29) is 0 Å².